The van der Waals surface area contributed by atoms with Crippen molar-refractivity contribution >= 4 is 12.4 Å². The lowest BCUT2D eigenvalue weighted by atomic mass is 10.0. The summed E-state index contributed by atoms with van der Waals surface area (Å²) < 4.78 is 154. The molecule has 2 nitrogen and oxygen atoms in total. The van der Waals surface area contributed by atoms with Gasteiger partial charge in [-0.15, -0.1) is 0 Å². The third-order valence-corrected chi connectivity index (χ3v) is 4.19. The summed E-state index contributed by atoms with van der Waals surface area (Å²) in [5.41, 5.74) is -7.56. The van der Waals surface area contributed by atoms with E-state index in [2.05, 4.69) is 9.98 Å². The molecule has 2 rings (SSSR count). The van der Waals surface area contributed by atoms with Crippen LogP contribution in [0, 0.1) is 0 Å². The molecule has 0 heterocycles. The second kappa shape index (κ2) is 9.66. The Morgan fingerprint density at radius 3 is 1.09 bits per heavy atom. The zero-order chi connectivity index (χ0) is 25.9. The van der Waals surface area contributed by atoms with Crippen LogP contribution >= 0.6 is 0 Å². The molecule has 0 aliphatic carbocycles. The Balaban J connectivity index is 2.16. The molecule has 0 N–H and O–H groups in total. The Hall–Kier alpha value is -3.06. The molecule has 0 aliphatic rings. The van der Waals surface area contributed by atoms with E-state index in [-0.39, 0.29) is 25.2 Å². The number of rotatable bonds is 5. The Morgan fingerprint density at radius 2 is 0.824 bits per heavy atom. The first-order valence-corrected chi connectivity index (χ1v) is 8.97. The summed E-state index contributed by atoms with van der Waals surface area (Å²) in [4.78, 5) is 7.13. The van der Waals surface area contributed by atoms with Gasteiger partial charge in [0.25, 0.3) is 0 Å². The van der Waals surface area contributed by atoms with E-state index in [4.69, 9.17) is 0 Å². The molecule has 0 bridgehead atoms. The van der Waals surface area contributed by atoms with Crippen LogP contribution in [0.4, 0.5) is 52.7 Å². The fourth-order valence-corrected chi connectivity index (χ4v) is 2.62. The fraction of sp³-hybridized carbons (Fsp3) is 0.300. The van der Waals surface area contributed by atoms with E-state index in [0.717, 1.165) is 0 Å². The van der Waals surface area contributed by atoms with E-state index in [9.17, 15) is 52.7 Å². The van der Waals surface area contributed by atoms with E-state index in [1.54, 1.807) is 0 Å². The first-order chi connectivity index (χ1) is 15.4. The van der Waals surface area contributed by atoms with Crippen LogP contribution < -0.4 is 0 Å². The highest BCUT2D eigenvalue weighted by atomic mass is 19.4. The normalized spacial score (nSPS) is 13.9. The number of benzene rings is 2. The quantitative estimate of drug-likeness (QED) is 0.230. The van der Waals surface area contributed by atoms with Crippen molar-refractivity contribution < 1.29 is 52.7 Å². The summed E-state index contributed by atoms with van der Waals surface area (Å²) in [5, 5.41) is 0. The van der Waals surface area contributed by atoms with Gasteiger partial charge in [-0.25, -0.2) is 0 Å². The molecule has 14 heteroatoms. The van der Waals surface area contributed by atoms with Crippen molar-refractivity contribution in [2.45, 2.75) is 24.7 Å². The van der Waals surface area contributed by atoms with Gasteiger partial charge in [-0.2, -0.15) is 52.7 Å². The fourth-order valence-electron chi connectivity index (χ4n) is 2.62. The van der Waals surface area contributed by atoms with Gasteiger partial charge >= 0.3 is 24.7 Å². The SMILES string of the molecule is FC(F)(F)c1ccc(/C=N/CC/N=C/c2ccc(C(F)(F)F)cc2C(F)(F)F)c(C(F)(F)F)c1. The van der Waals surface area contributed by atoms with Gasteiger partial charge in [0.15, 0.2) is 0 Å². The molecule has 2 aromatic carbocycles. The van der Waals surface area contributed by atoms with Crippen LogP contribution in [0.1, 0.15) is 33.4 Å². The van der Waals surface area contributed by atoms with E-state index in [1.165, 1.54) is 0 Å². The molecular weight excluding hydrogens is 496 g/mol. The average molecular weight is 508 g/mol. The largest absolute Gasteiger partial charge is 0.417 e. The van der Waals surface area contributed by atoms with Gasteiger partial charge in [0, 0.05) is 23.6 Å². The van der Waals surface area contributed by atoms with Gasteiger partial charge in [-0.05, 0) is 24.3 Å². The molecule has 0 amide bonds. The lowest BCUT2D eigenvalue weighted by Crippen LogP contribution is -2.13. The Kier molecular flexibility index (Phi) is 7.73. The molecule has 0 atom stereocenters. The molecule has 34 heavy (non-hydrogen) atoms. The maximum atomic E-state index is 13.1. The average Bonchev–Trinajstić information content (AvgIpc) is 2.67. The van der Waals surface area contributed by atoms with Crippen molar-refractivity contribution in [3.63, 3.8) is 0 Å². The van der Waals surface area contributed by atoms with Crippen molar-refractivity contribution in [1.82, 2.24) is 0 Å². The molecule has 0 saturated carbocycles. The smallest absolute Gasteiger partial charge is 0.291 e. The molecule has 0 aromatic heterocycles. The lowest BCUT2D eigenvalue weighted by Gasteiger charge is -2.14. The van der Waals surface area contributed by atoms with Crippen LogP contribution in [-0.4, -0.2) is 25.5 Å². The zero-order valence-electron chi connectivity index (χ0n) is 16.5. The third kappa shape index (κ3) is 7.22. The Labute approximate surface area is 183 Å². The van der Waals surface area contributed by atoms with Gasteiger partial charge in [0.2, 0.25) is 0 Å². The summed E-state index contributed by atoms with van der Waals surface area (Å²) in [6.45, 7) is -0.729. The van der Waals surface area contributed by atoms with Gasteiger partial charge < -0.3 is 0 Å². The molecule has 0 fully saturated rings. The van der Waals surface area contributed by atoms with Crippen LogP contribution in [0.3, 0.4) is 0 Å². The van der Waals surface area contributed by atoms with Gasteiger partial charge in [0.05, 0.1) is 35.3 Å². The molecule has 0 unspecified atom stereocenters. The van der Waals surface area contributed by atoms with Crippen LogP contribution in [0.2, 0.25) is 0 Å². The number of hydrogen-bond donors (Lipinski definition) is 0. The predicted octanol–water partition coefficient (Wildman–Crippen LogP) is 7.30. The van der Waals surface area contributed by atoms with E-state index in [0.29, 0.717) is 36.7 Å². The number of alkyl halides is 12. The summed E-state index contributed by atoms with van der Waals surface area (Å²) in [7, 11) is 0. The van der Waals surface area contributed by atoms with Crippen molar-refractivity contribution in [2.75, 3.05) is 13.1 Å². The first-order valence-electron chi connectivity index (χ1n) is 8.97. The minimum Gasteiger partial charge on any atom is -0.291 e. The second-order valence-corrected chi connectivity index (χ2v) is 6.67. The van der Waals surface area contributed by atoms with Crippen LogP contribution in [0.15, 0.2) is 46.4 Å². The second-order valence-electron chi connectivity index (χ2n) is 6.67. The zero-order valence-corrected chi connectivity index (χ0v) is 16.5. The van der Waals surface area contributed by atoms with E-state index >= 15 is 0 Å². The first kappa shape index (κ1) is 27.2. The third-order valence-electron chi connectivity index (χ3n) is 4.19. The maximum absolute atomic E-state index is 13.1. The number of aliphatic imine (C=N–C) groups is 2. The van der Waals surface area contributed by atoms with Gasteiger partial charge in [0.1, 0.15) is 0 Å². The molecule has 0 radical (unpaired) electrons. The summed E-state index contributed by atoms with van der Waals surface area (Å²) in [5.74, 6) is 0. The van der Waals surface area contributed by atoms with Crippen molar-refractivity contribution in [1.29, 1.82) is 0 Å². The summed E-state index contributed by atoms with van der Waals surface area (Å²) in [6, 6.07) is 1.83. The minimum absolute atomic E-state index is 0.0806. The van der Waals surface area contributed by atoms with Crippen LogP contribution in [0.5, 0.6) is 0 Å². The molecule has 0 aliphatic heterocycles. The highest BCUT2D eigenvalue weighted by Gasteiger charge is 2.39. The lowest BCUT2D eigenvalue weighted by molar-refractivity contribution is -0.144. The predicted molar refractivity (Wildman–Crippen MR) is 97.8 cm³/mol. The molecule has 0 spiro atoms. The highest BCUT2D eigenvalue weighted by Crippen LogP contribution is 2.38. The van der Waals surface area contributed by atoms with E-state index < -0.39 is 58.1 Å². The topological polar surface area (TPSA) is 24.7 Å². The Morgan fingerprint density at radius 1 is 0.500 bits per heavy atom. The van der Waals surface area contributed by atoms with Crippen LogP contribution in [0.25, 0.3) is 0 Å². The van der Waals surface area contributed by atoms with Gasteiger partial charge in [-0.1, -0.05) is 12.1 Å². The molecule has 186 valence electrons. The summed E-state index contributed by atoms with van der Waals surface area (Å²) in [6.07, 6.45) is -19.0. The van der Waals surface area contributed by atoms with Crippen molar-refractivity contribution in [3.8, 4) is 0 Å². The van der Waals surface area contributed by atoms with Gasteiger partial charge in [-0.3, -0.25) is 9.98 Å². The molecule has 0 saturated heterocycles. The summed E-state index contributed by atoms with van der Waals surface area (Å²) >= 11 is 0. The van der Waals surface area contributed by atoms with E-state index in [1.807, 2.05) is 0 Å². The minimum atomic E-state index is -5.11. The molecular formula is C20H12F12N2. The van der Waals surface area contributed by atoms with Crippen LogP contribution in [-0.2, 0) is 24.7 Å². The number of nitrogens with zero attached hydrogens (tertiary/aromatic N) is 2. The standard InChI is InChI=1S/C20H12F12N2/c21-17(22,23)13-3-1-11(15(7-13)19(27,28)29)9-33-5-6-34-10-12-2-4-14(18(24,25)26)8-16(12)20(30,31)32/h1-4,7-10H,5-6H2/b33-9+,34-10+. The van der Waals surface area contributed by atoms with Crippen molar-refractivity contribution in [3.05, 3.63) is 69.8 Å². The number of hydrogen-bond acceptors (Lipinski definition) is 2. The monoisotopic (exact) mass is 508 g/mol. The van der Waals surface area contributed by atoms with Crippen molar-refractivity contribution in [2.24, 2.45) is 9.98 Å². The highest BCUT2D eigenvalue weighted by molar-refractivity contribution is 5.83. The number of halogens is 12. The Bertz CT molecular complexity index is 972. The molecule has 2 aromatic rings. The maximum Gasteiger partial charge on any atom is 0.417 e.